The zero-order valence-electron chi connectivity index (χ0n) is 13.5. The molecule has 1 amide bonds. The van der Waals surface area contributed by atoms with E-state index in [-0.39, 0.29) is 5.41 Å². The molecule has 1 aliphatic heterocycles. The van der Waals surface area contributed by atoms with Gasteiger partial charge in [-0.3, -0.25) is 4.79 Å². The molecule has 1 saturated heterocycles. The minimum Gasteiger partial charge on any atom is -0.381 e. The molecule has 0 radical (unpaired) electrons. The average molecular weight is 303 g/mol. The first-order chi connectivity index (χ1) is 10.6. The molecule has 1 spiro atoms. The number of methoxy groups -OCH3 is 1. The summed E-state index contributed by atoms with van der Waals surface area (Å²) in [5.74, 6) is 0.338. The molecular weight excluding hydrogens is 278 g/mol. The second-order valence-corrected chi connectivity index (χ2v) is 6.69. The molecule has 0 aromatic carbocycles. The number of primary amides is 1. The molecule has 1 saturated carbocycles. The maximum absolute atomic E-state index is 11.7. The third kappa shape index (κ3) is 2.58. The first kappa shape index (κ1) is 15.3. The van der Waals surface area contributed by atoms with E-state index in [1.807, 2.05) is 20.1 Å². The quantitative estimate of drug-likeness (QED) is 0.930. The van der Waals surface area contributed by atoms with Crippen LogP contribution in [0.15, 0.2) is 12.1 Å². The van der Waals surface area contributed by atoms with Crippen molar-refractivity contribution >= 4 is 11.7 Å². The molecule has 2 N–H and O–H groups in total. The lowest BCUT2D eigenvalue weighted by Gasteiger charge is -2.44. The first-order valence-electron chi connectivity index (χ1n) is 8.11. The zero-order chi connectivity index (χ0) is 15.7. The maximum atomic E-state index is 11.7. The highest BCUT2D eigenvalue weighted by atomic mass is 16.5. The number of nitrogens with zero attached hydrogens (tertiary/aromatic N) is 2. The fourth-order valence-electron chi connectivity index (χ4n) is 4.26. The lowest BCUT2D eigenvalue weighted by Crippen LogP contribution is -2.48. The Kier molecular flexibility index (Phi) is 4.08. The van der Waals surface area contributed by atoms with E-state index in [9.17, 15) is 4.79 Å². The molecule has 2 atom stereocenters. The first-order valence-corrected chi connectivity index (χ1v) is 8.11. The van der Waals surface area contributed by atoms with Gasteiger partial charge in [-0.1, -0.05) is 6.42 Å². The largest absolute Gasteiger partial charge is 0.381 e. The number of rotatable bonds is 3. The fraction of sp³-hybridized carbons (Fsp3) is 0.647. The normalized spacial score (nSPS) is 28.3. The average Bonchev–Trinajstić information content (AvgIpc) is 2.88. The number of pyridine rings is 1. The van der Waals surface area contributed by atoms with Crippen LogP contribution in [-0.2, 0) is 4.74 Å². The Morgan fingerprint density at radius 3 is 2.91 bits per heavy atom. The summed E-state index contributed by atoms with van der Waals surface area (Å²) in [4.78, 5) is 18.6. The van der Waals surface area contributed by atoms with Crippen LogP contribution in [0.3, 0.4) is 0 Å². The number of amides is 1. The van der Waals surface area contributed by atoms with Gasteiger partial charge >= 0.3 is 0 Å². The van der Waals surface area contributed by atoms with Crippen molar-refractivity contribution in [3.8, 4) is 0 Å². The minimum atomic E-state index is -0.406. The number of carbonyl (C=O) groups excluding carboxylic acids is 1. The molecule has 2 heterocycles. The van der Waals surface area contributed by atoms with Crippen molar-refractivity contribution in [3.05, 3.63) is 23.4 Å². The summed E-state index contributed by atoms with van der Waals surface area (Å²) < 4.78 is 5.75. The lowest BCUT2D eigenvalue weighted by atomic mass is 9.76. The number of carbonyl (C=O) groups is 1. The number of aryl methyl sites for hydroxylation is 1. The number of aromatic nitrogens is 1. The Labute approximate surface area is 131 Å². The number of anilines is 1. The van der Waals surface area contributed by atoms with Crippen LogP contribution in [0.2, 0.25) is 0 Å². The molecule has 1 aromatic rings. The van der Waals surface area contributed by atoms with Crippen LogP contribution >= 0.6 is 0 Å². The van der Waals surface area contributed by atoms with Crippen LogP contribution in [0, 0.1) is 12.3 Å². The van der Waals surface area contributed by atoms with Gasteiger partial charge < -0.3 is 15.4 Å². The summed E-state index contributed by atoms with van der Waals surface area (Å²) in [7, 11) is 1.82. The highest BCUT2D eigenvalue weighted by Gasteiger charge is 2.46. The number of hydrogen-bond donors (Lipinski definition) is 1. The van der Waals surface area contributed by atoms with Crippen molar-refractivity contribution in [2.24, 2.45) is 11.1 Å². The van der Waals surface area contributed by atoms with Gasteiger partial charge in [0.05, 0.1) is 11.7 Å². The third-order valence-corrected chi connectivity index (χ3v) is 5.30. The van der Waals surface area contributed by atoms with E-state index in [1.165, 1.54) is 19.3 Å². The van der Waals surface area contributed by atoms with E-state index in [0.717, 1.165) is 37.4 Å². The summed E-state index contributed by atoms with van der Waals surface area (Å²) in [5.41, 5.74) is 7.18. The second kappa shape index (κ2) is 5.88. The van der Waals surface area contributed by atoms with Crippen LogP contribution < -0.4 is 10.6 Å². The van der Waals surface area contributed by atoms with Crippen LogP contribution in [0.5, 0.6) is 0 Å². The number of piperidine rings is 1. The van der Waals surface area contributed by atoms with Gasteiger partial charge in [-0.05, 0) is 44.7 Å². The van der Waals surface area contributed by atoms with E-state index in [4.69, 9.17) is 10.5 Å². The predicted octanol–water partition coefficient (Wildman–Crippen LogP) is 2.27. The van der Waals surface area contributed by atoms with Crippen molar-refractivity contribution in [2.45, 2.75) is 45.1 Å². The maximum Gasteiger partial charge on any atom is 0.252 e. The van der Waals surface area contributed by atoms with Crippen LogP contribution in [0.4, 0.5) is 5.82 Å². The summed E-state index contributed by atoms with van der Waals surface area (Å²) in [5, 5.41) is 0. The molecule has 1 aromatic heterocycles. The van der Waals surface area contributed by atoms with Crippen molar-refractivity contribution in [3.63, 3.8) is 0 Å². The smallest absolute Gasteiger partial charge is 0.252 e. The Morgan fingerprint density at radius 1 is 1.41 bits per heavy atom. The molecule has 2 aliphatic rings. The molecule has 120 valence electrons. The summed E-state index contributed by atoms with van der Waals surface area (Å²) in [6.07, 6.45) is 6.16. The summed E-state index contributed by atoms with van der Waals surface area (Å²) in [6.45, 7) is 3.78. The van der Waals surface area contributed by atoms with Crippen molar-refractivity contribution in [1.29, 1.82) is 0 Å². The van der Waals surface area contributed by atoms with Crippen LogP contribution in [0.1, 0.15) is 48.2 Å². The Hall–Kier alpha value is -1.62. The van der Waals surface area contributed by atoms with E-state index in [0.29, 0.717) is 11.7 Å². The molecule has 1 aliphatic carbocycles. The van der Waals surface area contributed by atoms with Crippen LogP contribution in [0.25, 0.3) is 0 Å². The molecule has 3 rings (SSSR count). The van der Waals surface area contributed by atoms with Gasteiger partial charge in [0.25, 0.3) is 5.91 Å². The number of hydrogen-bond acceptors (Lipinski definition) is 4. The Morgan fingerprint density at radius 2 is 2.18 bits per heavy atom. The van der Waals surface area contributed by atoms with E-state index in [2.05, 4.69) is 9.88 Å². The van der Waals surface area contributed by atoms with Gasteiger partial charge in [-0.25, -0.2) is 4.98 Å². The second-order valence-electron chi connectivity index (χ2n) is 6.69. The van der Waals surface area contributed by atoms with Crippen LogP contribution in [-0.4, -0.2) is 37.2 Å². The van der Waals surface area contributed by atoms with Gasteiger partial charge in [-0.2, -0.15) is 0 Å². The van der Waals surface area contributed by atoms with E-state index >= 15 is 0 Å². The van der Waals surface area contributed by atoms with Crippen molar-refractivity contribution in [1.82, 2.24) is 4.98 Å². The zero-order valence-corrected chi connectivity index (χ0v) is 13.5. The Balaban J connectivity index is 1.92. The Bertz CT molecular complexity index is 575. The van der Waals surface area contributed by atoms with Gasteiger partial charge in [0.15, 0.2) is 0 Å². The topological polar surface area (TPSA) is 68.4 Å². The molecule has 0 unspecified atom stereocenters. The third-order valence-electron chi connectivity index (χ3n) is 5.30. The SMILES string of the molecule is CO[C@@H]1CCC[C@]12CCCN(c1nc(C)ccc1C(N)=O)C2. The molecular formula is C17H25N3O2. The van der Waals surface area contributed by atoms with Crippen molar-refractivity contribution in [2.75, 3.05) is 25.1 Å². The van der Waals surface area contributed by atoms with Gasteiger partial charge in [0.1, 0.15) is 5.82 Å². The fourth-order valence-corrected chi connectivity index (χ4v) is 4.26. The molecule has 22 heavy (non-hydrogen) atoms. The van der Waals surface area contributed by atoms with E-state index in [1.54, 1.807) is 6.07 Å². The molecule has 5 nitrogen and oxygen atoms in total. The van der Waals surface area contributed by atoms with Gasteiger partial charge in [0, 0.05) is 31.3 Å². The van der Waals surface area contributed by atoms with E-state index < -0.39 is 5.91 Å². The molecule has 0 bridgehead atoms. The summed E-state index contributed by atoms with van der Waals surface area (Å²) in [6, 6.07) is 3.64. The monoisotopic (exact) mass is 303 g/mol. The van der Waals surface area contributed by atoms with Crippen molar-refractivity contribution < 1.29 is 9.53 Å². The number of ether oxygens (including phenoxy) is 1. The lowest BCUT2D eigenvalue weighted by molar-refractivity contribution is 0.00214. The number of nitrogens with two attached hydrogens (primary N) is 1. The van der Waals surface area contributed by atoms with Gasteiger partial charge in [0.2, 0.25) is 0 Å². The minimum absolute atomic E-state index is 0.202. The van der Waals surface area contributed by atoms with Gasteiger partial charge in [-0.15, -0.1) is 0 Å². The highest BCUT2D eigenvalue weighted by molar-refractivity contribution is 5.97. The standard InChI is InChI=1S/C17H25N3O2/c1-12-6-7-13(15(18)21)16(19-12)20-10-4-9-17(11-20)8-3-5-14(17)22-2/h6-7,14H,3-5,8-11H2,1-2H3,(H2,18,21)/t14-,17-/m1/s1. The molecule has 5 heteroatoms. The summed E-state index contributed by atoms with van der Waals surface area (Å²) >= 11 is 0. The molecule has 2 fully saturated rings. The predicted molar refractivity (Wildman–Crippen MR) is 86.0 cm³/mol. The highest BCUT2D eigenvalue weighted by Crippen LogP contribution is 2.47.